The minimum atomic E-state index is -1.57. The van der Waals surface area contributed by atoms with Gasteiger partial charge in [-0.2, -0.15) is 0 Å². The monoisotopic (exact) mass is 491 g/mol. The molecule has 6 unspecified atom stereocenters. The van der Waals surface area contributed by atoms with Gasteiger partial charge < -0.3 is 44.3 Å². The maximum Gasteiger partial charge on any atom is 0.229 e. The van der Waals surface area contributed by atoms with E-state index in [0.29, 0.717) is 23.7 Å². The highest BCUT2D eigenvalue weighted by atomic mass is 16.7. The van der Waals surface area contributed by atoms with Crippen LogP contribution in [0.5, 0.6) is 11.5 Å². The van der Waals surface area contributed by atoms with Crippen LogP contribution in [0.1, 0.15) is 24.0 Å². The molecule has 0 saturated carbocycles. The first kappa shape index (κ1) is 24.5. The van der Waals surface area contributed by atoms with Crippen molar-refractivity contribution in [1.82, 2.24) is 4.90 Å². The van der Waals surface area contributed by atoms with E-state index in [1.807, 2.05) is 12.1 Å². The van der Waals surface area contributed by atoms with Gasteiger partial charge in [0.25, 0.3) is 0 Å². The minimum absolute atomic E-state index is 0.00865. The number of Topliss-reactive ketones (excluding diaryl/α,β-unsaturated/α-hetero) is 1. The fourth-order valence-corrected chi connectivity index (χ4v) is 6.41. The lowest BCUT2D eigenvalue weighted by Gasteiger charge is -2.57. The minimum Gasteiger partial charge on any atom is -0.493 e. The molecule has 0 spiro atoms. The zero-order chi connectivity index (χ0) is 25.1. The number of piperidine rings is 1. The smallest absolute Gasteiger partial charge is 0.229 e. The van der Waals surface area contributed by atoms with Gasteiger partial charge >= 0.3 is 0 Å². The summed E-state index contributed by atoms with van der Waals surface area (Å²) in [5, 5.41) is 40.7. The summed E-state index contributed by atoms with van der Waals surface area (Å²) in [7, 11) is 5.10. The third kappa shape index (κ3) is 3.66. The Morgan fingerprint density at radius 1 is 1.14 bits per heavy atom. The summed E-state index contributed by atoms with van der Waals surface area (Å²) in [6, 6.07) is 3.94. The van der Waals surface area contributed by atoms with Crippen LogP contribution in [-0.2, 0) is 26.1 Å². The predicted octanol–water partition coefficient (Wildman–Crippen LogP) is -0.509. The molecule has 2 aliphatic carbocycles. The summed E-state index contributed by atoms with van der Waals surface area (Å²) in [5.74, 6) is 1.02. The highest BCUT2D eigenvalue weighted by Gasteiger charge is 2.57. The van der Waals surface area contributed by atoms with E-state index in [1.54, 1.807) is 6.07 Å². The topological polar surface area (TPSA) is 138 Å². The lowest BCUT2D eigenvalue weighted by molar-refractivity contribution is -0.277. The van der Waals surface area contributed by atoms with Gasteiger partial charge in [-0.15, -0.1) is 0 Å². The number of hydrogen-bond donors (Lipinski definition) is 4. The fourth-order valence-electron chi connectivity index (χ4n) is 6.41. The number of likely N-dealkylation sites (N-methyl/N-ethyl adjacent to an activating group) is 1. The number of aliphatic hydroxyl groups is 4. The molecule has 1 aromatic rings. The molecule has 4 N–H and O–H groups in total. The average Bonchev–Trinajstić information content (AvgIpc) is 2.85. The molecule has 0 aromatic heterocycles. The second-order valence-corrected chi connectivity index (χ2v) is 9.97. The van der Waals surface area contributed by atoms with Crippen LogP contribution in [0.15, 0.2) is 24.0 Å². The molecular formula is C25H33NO9. The third-order valence-corrected chi connectivity index (χ3v) is 8.27. The number of rotatable bonds is 5. The standard InChI is InChI=1S/C25H33NO9/c1-26-7-6-25-10-15(28)17(33-3)9-13(25)14(26)8-12-4-5-16(32-2)23(19(12)25)35-24-22(31)21(30)20(29)18(11-27)34-24/h4-5,9,13-14,18,20-22,24,27,29-31H,6-8,10-11H2,1-3H3/t13?,14-,18?,20?,21?,22?,24?,25+/m1/s1. The number of nitrogens with zero attached hydrogens (tertiary/aromatic N) is 1. The number of benzene rings is 1. The first-order chi connectivity index (χ1) is 16.7. The van der Waals surface area contributed by atoms with Gasteiger partial charge in [-0.3, -0.25) is 4.79 Å². The van der Waals surface area contributed by atoms with Gasteiger partial charge in [-0.05, 0) is 44.1 Å². The van der Waals surface area contributed by atoms with Crippen molar-refractivity contribution in [2.45, 2.75) is 61.4 Å². The normalized spacial score (nSPS) is 38.8. The Balaban J connectivity index is 1.64. The van der Waals surface area contributed by atoms with E-state index in [4.69, 9.17) is 18.9 Å². The number of allylic oxidation sites excluding steroid dienone is 1. The Hall–Kier alpha value is -2.21. The van der Waals surface area contributed by atoms with Crippen molar-refractivity contribution in [1.29, 1.82) is 0 Å². The fraction of sp³-hybridized carbons (Fsp3) is 0.640. The van der Waals surface area contributed by atoms with E-state index in [0.717, 1.165) is 24.1 Å². The van der Waals surface area contributed by atoms with E-state index in [2.05, 4.69) is 11.9 Å². The lowest BCUT2D eigenvalue weighted by Crippen LogP contribution is -2.61. The number of ether oxygens (including phenoxy) is 4. The molecule has 2 heterocycles. The highest BCUT2D eigenvalue weighted by molar-refractivity contribution is 5.96. The Morgan fingerprint density at radius 2 is 1.91 bits per heavy atom. The number of hydrogen-bond acceptors (Lipinski definition) is 10. The third-order valence-electron chi connectivity index (χ3n) is 8.27. The van der Waals surface area contributed by atoms with E-state index < -0.39 is 42.7 Å². The molecule has 2 saturated heterocycles. The van der Waals surface area contributed by atoms with Gasteiger partial charge in [-0.25, -0.2) is 0 Å². The second-order valence-electron chi connectivity index (χ2n) is 9.97. The van der Waals surface area contributed by atoms with Crippen LogP contribution < -0.4 is 9.47 Å². The summed E-state index contributed by atoms with van der Waals surface area (Å²) in [6.45, 7) is 0.231. The number of methoxy groups -OCH3 is 2. The number of carbonyl (C=O) groups is 1. The van der Waals surface area contributed by atoms with E-state index in [-0.39, 0.29) is 24.2 Å². The molecule has 10 heteroatoms. The molecule has 2 fully saturated rings. The van der Waals surface area contributed by atoms with Crippen LogP contribution in [0.2, 0.25) is 0 Å². The van der Waals surface area contributed by atoms with Crippen LogP contribution in [-0.4, -0.2) is 102 Å². The van der Waals surface area contributed by atoms with Crippen molar-refractivity contribution < 1.29 is 44.2 Å². The highest BCUT2D eigenvalue weighted by Crippen LogP contribution is 2.58. The second kappa shape index (κ2) is 9.02. The maximum atomic E-state index is 13.1. The molecule has 0 radical (unpaired) electrons. The average molecular weight is 492 g/mol. The zero-order valence-corrected chi connectivity index (χ0v) is 20.1. The number of aliphatic hydroxyl groups excluding tert-OH is 4. The Bertz CT molecular complexity index is 1030. The van der Waals surface area contributed by atoms with E-state index in [9.17, 15) is 25.2 Å². The summed E-state index contributed by atoms with van der Waals surface area (Å²) in [5.41, 5.74) is 1.28. The van der Waals surface area contributed by atoms with Crippen LogP contribution in [0, 0.1) is 5.92 Å². The van der Waals surface area contributed by atoms with E-state index in [1.165, 1.54) is 14.2 Å². The molecule has 5 rings (SSSR count). The number of fused-ring (bicyclic) bond motifs is 1. The Morgan fingerprint density at radius 3 is 2.60 bits per heavy atom. The Labute approximate surface area is 203 Å². The predicted molar refractivity (Wildman–Crippen MR) is 122 cm³/mol. The van der Waals surface area contributed by atoms with Gasteiger partial charge in [-0.1, -0.05) is 6.07 Å². The maximum absolute atomic E-state index is 13.1. The number of ketones is 1. The summed E-state index contributed by atoms with van der Waals surface area (Å²) >= 11 is 0. The van der Waals surface area contributed by atoms with Crippen molar-refractivity contribution in [2.24, 2.45) is 5.92 Å². The molecule has 4 aliphatic rings. The van der Waals surface area contributed by atoms with Crippen molar-refractivity contribution in [3.63, 3.8) is 0 Å². The van der Waals surface area contributed by atoms with Gasteiger partial charge in [0.05, 0.1) is 20.8 Å². The molecule has 10 nitrogen and oxygen atoms in total. The van der Waals surface area contributed by atoms with Crippen LogP contribution >= 0.6 is 0 Å². The van der Waals surface area contributed by atoms with Gasteiger partial charge in [0, 0.05) is 29.4 Å². The molecule has 0 amide bonds. The number of likely N-dealkylation sites (tertiary alicyclic amines) is 1. The Kier molecular flexibility index (Phi) is 6.31. The molecule has 2 aliphatic heterocycles. The van der Waals surface area contributed by atoms with Crippen molar-refractivity contribution in [3.05, 3.63) is 35.1 Å². The quantitative estimate of drug-likeness (QED) is 0.426. The van der Waals surface area contributed by atoms with Gasteiger partial charge in [0.15, 0.2) is 23.0 Å². The SMILES string of the molecule is COC1=CC2[C@H]3Cc4ccc(OC)c(OC5OC(CO)C(O)C(O)C5O)c4[C@@]2(CCN3C)CC1=O. The van der Waals surface area contributed by atoms with Crippen LogP contribution in [0.25, 0.3) is 0 Å². The molecule has 8 atom stereocenters. The molecule has 1 aromatic carbocycles. The molecular weight excluding hydrogens is 458 g/mol. The van der Waals surface area contributed by atoms with Gasteiger partial charge in [0.2, 0.25) is 6.29 Å². The molecule has 192 valence electrons. The summed E-state index contributed by atoms with van der Waals surface area (Å²) in [6.07, 6.45) is -3.50. The van der Waals surface area contributed by atoms with Crippen molar-refractivity contribution in [2.75, 3.05) is 34.4 Å². The van der Waals surface area contributed by atoms with Crippen molar-refractivity contribution in [3.8, 4) is 11.5 Å². The largest absolute Gasteiger partial charge is 0.493 e. The molecule has 2 bridgehead atoms. The lowest BCUT2D eigenvalue weighted by atomic mass is 9.53. The summed E-state index contributed by atoms with van der Waals surface area (Å²) in [4.78, 5) is 15.4. The van der Waals surface area contributed by atoms with Crippen LogP contribution in [0.3, 0.4) is 0 Å². The van der Waals surface area contributed by atoms with Crippen molar-refractivity contribution >= 4 is 5.78 Å². The first-order valence-corrected chi connectivity index (χ1v) is 11.9. The zero-order valence-electron chi connectivity index (χ0n) is 20.1. The van der Waals surface area contributed by atoms with E-state index >= 15 is 0 Å². The first-order valence-electron chi connectivity index (χ1n) is 11.9. The van der Waals surface area contributed by atoms with Crippen LogP contribution in [0.4, 0.5) is 0 Å². The molecule has 35 heavy (non-hydrogen) atoms. The number of carbonyl (C=O) groups excluding carboxylic acids is 1. The summed E-state index contributed by atoms with van der Waals surface area (Å²) < 4.78 is 22.9. The van der Waals surface area contributed by atoms with Gasteiger partial charge in [0.1, 0.15) is 24.4 Å².